The molecule has 1 fully saturated rings. The van der Waals surface area contributed by atoms with E-state index in [0.717, 1.165) is 0 Å². The van der Waals surface area contributed by atoms with Crippen LogP contribution in [0.5, 0.6) is 0 Å². The summed E-state index contributed by atoms with van der Waals surface area (Å²) in [5, 5.41) is 0. The summed E-state index contributed by atoms with van der Waals surface area (Å²) in [5.74, 6) is 1.17. The maximum absolute atomic E-state index is 5.32. The van der Waals surface area contributed by atoms with Gasteiger partial charge in [0, 0.05) is 11.8 Å². The maximum atomic E-state index is 5.32. The Balaban J connectivity index is 2.26. The fourth-order valence-electron chi connectivity index (χ4n) is 0.677. The Kier molecular flexibility index (Phi) is 1.65. The quantitative estimate of drug-likeness (QED) is 0.413. The Morgan fingerprint density at radius 3 is 2.71 bits per heavy atom. The second kappa shape index (κ2) is 2.10. The molecule has 40 valence electrons. The summed E-state index contributed by atoms with van der Waals surface area (Å²) >= 11 is 1.88. The van der Waals surface area contributed by atoms with Gasteiger partial charge in [-0.1, -0.05) is 0 Å². The molecule has 1 aliphatic heterocycles. The summed E-state index contributed by atoms with van der Waals surface area (Å²) in [5.41, 5.74) is 0.440. The summed E-state index contributed by atoms with van der Waals surface area (Å²) < 4.78 is 5.32. The van der Waals surface area contributed by atoms with Crippen LogP contribution in [0.1, 0.15) is 6.92 Å². The lowest BCUT2D eigenvalue weighted by Crippen LogP contribution is -2.08. The maximum Gasteiger partial charge on any atom is 0.140 e. The molecule has 0 aromatic carbocycles. The lowest BCUT2D eigenvalue weighted by atomic mass is 10.0. The highest BCUT2D eigenvalue weighted by atomic mass is 32.2. The summed E-state index contributed by atoms with van der Waals surface area (Å²) in [6, 6.07) is 0.486. The molecule has 1 rings (SSSR count). The Hall–Kier alpha value is 0.375. The first-order valence-electron chi connectivity index (χ1n) is 2.56. The van der Waals surface area contributed by atoms with Gasteiger partial charge in [-0.05, 0) is 6.92 Å². The van der Waals surface area contributed by atoms with Gasteiger partial charge >= 0.3 is 0 Å². The third-order valence-corrected chi connectivity index (χ3v) is 2.23. The van der Waals surface area contributed by atoms with Crippen molar-refractivity contribution in [3.63, 3.8) is 0 Å². The van der Waals surface area contributed by atoms with E-state index in [1.54, 1.807) is 0 Å². The van der Waals surface area contributed by atoms with Crippen LogP contribution in [0, 0.1) is 0 Å². The minimum Gasteiger partial charge on any atom is -0.373 e. The third-order valence-electron chi connectivity index (χ3n) is 0.990. The zero-order chi connectivity index (χ0) is 5.28. The highest BCUT2D eigenvalue weighted by Crippen LogP contribution is 2.21. The molecule has 0 saturated carbocycles. The van der Waals surface area contributed by atoms with Crippen molar-refractivity contribution in [3.8, 4) is 0 Å². The van der Waals surface area contributed by atoms with E-state index in [2.05, 4.69) is 14.8 Å². The summed E-state index contributed by atoms with van der Waals surface area (Å²) in [4.78, 5) is 0. The van der Waals surface area contributed by atoms with Crippen LogP contribution in [0.25, 0.3) is 0 Å². The van der Waals surface area contributed by atoms with Gasteiger partial charge in [0.2, 0.25) is 0 Å². The topological polar surface area (TPSA) is 9.23 Å². The first-order chi connectivity index (χ1) is 3.29. The molecule has 2 unspecified atom stereocenters. The van der Waals surface area contributed by atoms with Gasteiger partial charge in [0.1, 0.15) is 7.85 Å². The molecule has 1 nitrogen and oxygen atoms in total. The molecule has 0 radical (unpaired) electrons. The Morgan fingerprint density at radius 1 is 1.86 bits per heavy atom. The Bertz CT molecular complexity index is 60.7. The summed E-state index contributed by atoms with van der Waals surface area (Å²) in [6.07, 6.45) is 0. The minimum atomic E-state index is 0.440. The van der Waals surface area contributed by atoms with Gasteiger partial charge in [-0.3, -0.25) is 0 Å². The van der Waals surface area contributed by atoms with Crippen molar-refractivity contribution in [3.05, 3.63) is 0 Å². The van der Waals surface area contributed by atoms with Gasteiger partial charge in [0.15, 0.2) is 0 Å². The molecule has 1 saturated heterocycles. The molecule has 2 atom stereocenters. The van der Waals surface area contributed by atoms with E-state index in [1.807, 2.05) is 11.8 Å². The van der Waals surface area contributed by atoms with Crippen LogP contribution in [0.4, 0.5) is 0 Å². The van der Waals surface area contributed by atoms with Crippen molar-refractivity contribution in [2.75, 3.05) is 5.75 Å². The van der Waals surface area contributed by atoms with Crippen LogP contribution in [0.3, 0.4) is 0 Å². The molecule has 0 aliphatic carbocycles. The van der Waals surface area contributed by atoms with E-state index in [0.29, 0.717) is 11.4 Å². The lowest BCUT2D eigenvalue weighted by molar-refractivity contribution is 0.128. The average molecular weight is 116 g/mol. The minimum absolute atomic E-state index is 0.440. The van der Waals surface area contributed by atoms with Crippen molar-refractivity contribution in [2.45, 2.75) is 18.4 Å². The van der Waals surface area contributed by atoms with E-state index < -0.39 is 0 Å². The first-order valence-corrected chi connectivity index (χ1v) is 3.61. The highest BCUT2D eigenvalue weighted by molar-refractivity contribution is 8.00. The van der Waals surface area contributed by atoms with Crippen molar-refractivity contribution >= 4 is 19.6 Å². The number of hydrogen-bond acceptors (Lipinski definition) is 2. The molecule has 0 aromatic rings. The summed E-state index contributed by atoms with van der Waals surface area (Å²) in [6.45, 7) is 2.09. The molecule has 0 amide bonds. The molecule has 1 aliphatic rings. The monoisotopic (exact) mass is 116 g/mol. The van der Waals surface area contributed by atoms with E-state index in [4.69, 9.17) is 4.74 Å². The molecule has 0 aromatic heterocycles. The average Bonchev–Trinajstić information content (AvgIpc) is 1.87. The van der Waals surface area contributed by atoms with Crippen LogP contribution >= 0.6 is 11.8 Å². The largest absolute Gasteiger partial charge is 0.373 e. The zero-order valence-electron chi connectivity index (χ0n) is 4.68. The van der Waals surface area contributed by atoms with E-state index in [1.165, 1.54) is 5.75 Å². The smallest absolute Gasteiger partial charge is 0.140 e. The van der Waals surface area contributed by atoms with Gasteiger partial charge < -0.3 is 4.74 Å². The Morgan fingerprint density at radius 2 is 2.57 bits per heavy atom. The second-order valence-electron chi connectivity index (χ2n) is 1.85. The van der Waals surface area contributed by atoms with Crippen LogP contribution in [0.2, 0.25) is 0 Å². The standard InChI is InChI=1S/C4H9BOS/c1-3-6-4(5)2-7-3/h3-4H,2,5H2,1H3. The zero-order valence-corrected chi connectivity index (χ0v) is 5.49. The molecule has 3 heteroatoms. The van der Waals surface area contributed by atoms with Crippen molar-refractivity contribution in [1.29, 1.82) is 0 Å². The predicted octanol–water partition coefficient (Wildman–Crippen LogP) is 0.0550. The van der Waals surface area contributed by atoms with Crippen LogP contribution in [0.15, 0.2) is 0 Å². The van der Waals surface area contributed by atoms with E-state index in [9.17, 15) is 0 Å². The highest BCUT2D eigenvalue weighted by Gasteiger charge is 2.16. The van der Waals surface area contributed by atoms with Gasteiger partial charge in [-0.15, -0.1) is 11.8 Å². The van der Waals surface area contributed by atoms with Gasteiger partial charge in [-0.2, -0.15) is 0 Å². The molecular weight excluding hydrogens is 107 g/mol. The van der Waals surface area contributed by atoms with Crippen LogP contribution in [-0.4, -0.2) is 25.0 Å². The number of hydrogen-bond donors (Lipinski definition) is 0. The van der Waals surface area contributed by atoms with Gasteiger partial charge in [-0.25, -0.2) is 0 Å². The van der Waals surface area contributed by atoms with E-state index in [-0.39, 0.29) is 0 Å². The molecule has 7 heavy (non-hydrogen) atoms. The lowest BCUT2D eigenvalue weighted by Gasteiger charge is -1.99. The first kappa shape index (κ1) is 5.51. The Labute approximate surface area is 49.2 Å². The predicted molar refractivity (Wildman–Crippen MR) is 35.3 cm³/mol. The number of rotatable bonds is 0. The molecular formula is C4H9BOS. The SMILES string of the molecule is BC1CSC(C)O1. The third kappa shape index (κ3) is 1.39. The fourth-order valence-corrected chi connectivity index (χ4v) is 1.57. The van der Waals surface area contributed by atoms with Gasteiger partial charge in [0.05, 0.1) is 5.44 Å². The van der Waals surface area contributed by atoms with E-state index >= 15 is 0 Å². The molecule has 0 spiro atoms. The fraction of sp³-hybridized carbons (Fsp3) is 1.00. The second-order valence-corrected chi connectivity index (χ2v) is 3.18. The van der Waals surface area contributed by atoms with Crippen molar-refractivity contribution in [2.24, 2.45) is 0 Å². The van der Waals surface area contributed by atoms with Crippen molar-refractivity contribution < 1.29 is 4.74 Å². The number of thioether (sulfide) groups is 1. The number of ether oxygens (including phenoxy) is 1. The van der Waals surface area contributed by atoms with Crippen LogP contribution < -0.4 is 0 Å². The van der Waals surface area contributed by atoms with Crippen LogP contribution in [-0.2, 0) is 4.74 Å². The molecule has 0 N–H and O–H groups in total. The summed E-state index contributed by atoms with van der Waals surface area (Å²) in [7, 11) is 2.11. The molecule has 1 heterocycles. The normalized spacial score (nSPS) is 41.9. The van der Waals surface area contributed by atoms with Crippen molar-refractivity contribution in [1.82, 2.24) is 0 Å². The molecule has 0 bridgehead atoms. The van der Waals surface area contributed by atoms with Gasteiger partial charge in [0.25, 0.3) is 0 Å².